The Morgan fingerprint density at radius 2 is 1.80 bits per heavy atom. The molecule has 0 bridgehead atoms. The first kappa shape index (κ1) is 20.9. The standard InChI is InChI=1S/C20H23F2N3O4S/c1-13-18(20(26)24-8-2-3-9-24)23-19(29-13)14-6-10-25(11-7-14)30(27,28)17-12-15(21)4-5-16(17)22/h4-5,12,14H,2-3,6-11H2,1H3. The van der Waals surface area contributed by atoms with Crippen LogP contribution in [-0.2, 0) is 10.0 Å². The number of halogens is 2. The Kier molecular flexibility index (Phi) is 5.63. The molecule has 2 aliphatic rings. The Labute approximate surface area is 173 Å². The van der Waals surface area contributed by atoms with Crippen molar-refractivity contribution in [3.8, 4) is 0 Å². The quantitative estimate of drug-likeness (QED) is 0.731. The average Bonchev–Trinajstić information content (AvgIpc) is 3.39. The molecule has 2 fully saturated rings. The van der Waals surface area contributed by atoms with E-state index in [-0.39, 0.29) is 24.9 Å². The molecule has 0 radical (unpaired) electrons. The summed E-state index contributed by atoms with van der Waals surface area (Å²) in [5.74, 6) is -1.20. The number of carbonyl (C=O) groups excluding carboxylic acids is 1. The Balaban J connectivity index is 1.46. The van der Waals surface area contributed by atoms with Crippen LogP contribution in [0.1, 0.15) is 53.7 Å². The van der Waals surface area contributed by atoms with Crippen LogP contribution in [0.15, 0.2) is 27.5 Å². The van der Waals surface area contributed by atoms with Gasteiger partial charge in [-0.25, -0.2) is 22.2 Å². The van der Waals surface area contributed by atoms with Gasteiger partial charge in [0.25, 0.3) is 5.91 Å². The number of rotatable bonds is 4. The second kappa shape index (κ2) is 8.07. The molecule has 10 heteroatoms. The van der Waals surface area contributed by atoms with E-state index in [1.165, 1.54) is 0 Å². The second-order valence-electron chi connectivity index (χ2n) is 7.71. The summed E-state index contributed by atoms with van der Waals surface area (Å²) in [5, 5.41) is 0. The first-order valence-electron chi connectivity index (χ1n) is 9.99. The average molecular weight is 439 g/mol. The van der Waals surface area contributed by atoms with Crippen molar-refractivity contribution in [3.63, 3.8) is 0 Å². The lowest BCUT2D eigenvalue weighted by Crippen LogP contribution is -2.38. The maximum absolute atomic E-state index is 14.0. The molecule has 2 aliphatic heterocycles. The molecule has 0 spiro atoms. The zero-order valence-corrected chi connectivity index (χ0v) is 17.4. The zero-order valence-electron chi connectivity index (χ0n) is 16.6. The molecule has 0 saturated carbocycles. The molecule has 2 saturated heterocycles. The molecule has 1 aromatic carbocycles. The summed E-state index contributed by atoms with van der Waals surface area (Å²) < 4.78 is 59.8. The van der Waals surface area contributed by atoms with Gasteiger partial charge in [-0.1, -0.05) is 0 Å². The van der Waals surface area contributed by atoms with Gasteiger partial charge in [0.1, 0.15) is 22.3 Å². The summed E-state index contributed by atoms with van der Waals surface area (Å²) in [6.07, 6.45) is 2.78. The van der Waals surface area contributed by atoms with Gasteiger partial charge < -0.3 is 9.32 Å². The number of benzene rings is 1. The SMILES string of the molecule is Cc1oc(C2CCN(S(=O)(=O)c3cc(F)ccc3F)CC2)nc1C(=O)N1CCCC1. The fourth-order valence-corrected chi connectivity index (χ4v) is 5.56. The van der Waals surface area contributed by atoms with Crippen molar-refractivity contribution in [1.82, 2.24) is 14.2 Å². The van der Waals surface area contributed by atoms with Crippen LogP contribution in [0.3, 0.4) is 0 Å². The number of aryl methyl sites for hydroxylation is 1. The Morgan fingerprint density at radius 1 is 1.13 bits per heavy atom. The normalized spacial score (nSPS) is 18.8. The molecule has 1 amide bonds. The van der Waals surface area contributed by atoms with Crippen LogP contribution < -0.4 is 0 Å². The van der Waals surface area contributed by atoms with Gasteiger partial charge in [-0.05, 0) is 50.8 Å². The van der Waals surface area contributed by atoms with Crippen molar-refractivity contribution in [3.05, 3.63) is 47.2 Å². The predicted molar refractivity (Wildman–Crippen MR) is 103 cm³/mol. The highest BCUT2D eigenvalue weighted by atomic mass is 32.2. The highest BCUT2D eigenvalue weighted by Gasteiger charge is 2.34. The smallest absolute Gasteiger partial charge is 0.276 e. The lowest BCUT2D eigenvalue weighted by Gasteiger charge is -2.29. The molecule has 7 nitrogen and oxygen atoms in total. The predicted octanol–water partition coefficient (Wildman–Crippen LogP) is 3.07. The van der Waals surface area contributed by atoms with E-state index in [9.17, 15) is 22.0 Å². The van der Waals surface area contributed by atoms with E-state index in [1.807, 2.05) is 0 Å². The van der Waals surface area contributed by atoms with Gasteiger partial charge in [0.2, 0.25) is 10.0 Å². The van der Waals surface area contributed by atoms with Crippen LogP contribution in [0.25, 0.3) is 0 Å². The van der Waals surface area contributed by atoms with Crippen LogP contribution >= 0.6 is 0 Å². The highest BCUT2D eigenvalue weighted by Crippen LogP contribution is 2.32. The molecular formula is C20H23F2N3O4S. The molecule has 4 rings (SSSR count). The number of sulfonamides is 1. The van der Waals surface area contributed by atoms with E-state index in [0.717, 1.165) is 29.3 Å². The topological polar surface area (TPSA) is 83.7 Å². The lowest BCUT2D eigenvalue weighted by atomic mass is 9.98. The summed E-state index contributed by atoms with van der Waals surface area (Å²) in [5.41, 5.74) is 0.309. The molecule has 0 N–H and O–H groups in total. The second-order valence-corrected chi connectivity index (χ2v) is 9.62. The summed E-state index contributed by atoms with van der Waals surface area (Å²) in [6, 6.07) is 2.39. The van der Waals surface area contributed by atoms with Gasteiger partial charge in [-0.3, -0.25) is 4.79 Å². The molecule has 0 atom stereocenters. The van der Waals surface area contributed by atoms with Gasteiger partial charge in [-0.15, -0.1) is 0 Å². The summed E-state index contributed by atoms with van der Waals surface area (Å²) in [6.45, 7) is 3.38. The summed E-state index contributed by atoms with van der Waals surface area (Å²) >= 11 is 0. The van der Waals surface area contributed by atoms with Gasteiger partial charge in [0.05, 0.1) is 0 Å². The molecule has 30 heavy (non-hydrogen) atoms. The van der Waals surface area contributed by atoms with Crippen molar-refractivity contribution in [2.24, 2.45) is 0 Å². The van der Waals surface area contributed by atoms with Crippen LogP contribution in [0, 0.1) is 18.6 Å². The molecule has 3 heterocycles. The molecule has 1 aromatic heterocycles. The number of amides is 1. The molecule has 2 aromatic rings. The Morgan fingerprint density at radius 3 is 2.47 bits per heavy atom. The van der Waals surface area contributed by atoms with E-state index in [0.29, 0.717) is 49.3 Å². The molecule has 162 valence electrons. The number of hydrogen-bond acceptors (Lipinski definition) is 5. The monoisotopic (exact) mass is 439 g/mol. The van der Waals surface area contributed by atoms with Crippen LogP contribution in [-0.4, -0.2) is 54.7 Å². The van der Waals surface area contributed by atoms with Gasteiger partial charge in [0.15, 0.2) is 11.6 Å². The third-order valence-electron chi connectivity index (χ3n) is 5.72. The molecule has 0 aliphatic carbocycles. The largest absolute Gasteiger partial charge is 0.445 e. The number of oxazole rings is 1. The Hall–Kier alpha value is -2.33. The van der Waals surface area contributed by atoms with Crippen molar-refractivity contribution >= 4 is 15.9 Å². The Bertz CT molecular complexity index is 1060. The van der Waals surface area contributed by atoms with Gasteiger partial charge in [0, 0.05) is 32.1 Å². The van der Waals surface area contributed by atoms with Crippen molar-refractivity contribution in [1.29, 1.82) is 0 Å². The molecular weight excluding hydrogens is 416 g/mol. The van der Waals surface area contributed by atoms with Crippen molar-refractivity contribution < 1.29 is 26.4 Å². The van der Waals surface area contributed by atoms with Gasteiger partial charge in [-0.2, -0.15) is 4.31 Å². The third-order valence-corrected chi connectivity index (χ3v) is 7.64. The van der Waals surface area contributed by atoms with Crippen LogP contribution in [0.5, 0.6) is 0 Å². The first-order chi connectivity index (χ1) is 14.3. The minimum atomic E-state index is -4.14. The van der Waals surface area contributed by atoms with Crippen LogP contribution in [0.2, 0.25) is 0 Å². The van der Waals surface area contributed by atoms with E-state index in [4.69, 9.17) is 4.42 Å². The first-order valence-corrected chi connectivity index (χ1v) is 11.4. The van der Waals surface area contributed by atoms with E-state index < -0.39 is 26.6 Å². The van der Waals surface area contributed by atoms with Gasteiger partial charge >= 0.3 is 0 Å². The number of aromatic nitrogens is 1. The van der Waals surface area contributed by atoms with Crippen molar-refractivity contribution in [2.75, 3.05) is 26.2 Å². The molecule has 0 unspecified atom stereocenters. The minimum Gasteiger partial charge on any atom is -0.445 e. The minimum absolute atomic E-state index is 0.125. The summed E-state index contributed by atoms with van der Waals surface area (Å²) in [4.78, 5) is 18.1. The maximum Gasteiger partial charge on any atom is 0.276 e. The summed E-state index contributed by atoms with van der Waals surface area (Å²) in [7, 11) is -4.14. The maximum atomic E-state index is 14.0. The zero-order chi connectivity index (χ0) is 21.5. The lowest BCUT2D eigenvalue weighted by molar-refractivity contribution is 0.0786. The van der Waals surface area contributed by atoms with E-state index in [1.54, 1.807) is 11.8 Å². The van der Waals surface area contributed by atoms with E-state index in [2.05, 4.69) is 4.98 Å². The number of likely N-dealkylation sites (tertiary alicyclic amines) is 1. The highest BCUT2D eigenvalue weighted by molar-refractivity contribution is 7.89. The number of hydrogen-bond donors (Lipinski definition) is 0. The van der Waals surface area contributed by atoms with E-state index >= 15 is 0 Å². The number of piperidine rings is 1. The third kappa shape index (κ3) is 3.85. The van der Waals surface area contributed by atoms with Crippen LogP contribution in [0.4, 0.5) is 8.78 Å². The van der Waals surface area contributed by atoms with Crippen molar-refractivity contribution in [2.45, 2.75) is 43.4 Å². The fraction of sp³-hybridized carbons (Fsp3) is 0.500. The number of nitrogens with zero attached hydrogens (tertiary/aromatic N) is 3. The number of carbonyl (C=O) groups is 1. The fourth-order valence-electron chi connectivity index (χ4n) is 4.02.